The number of hydrogen-bond donors (Lipinski definition) is 2. The zero-order valence-electron chi connectivity index (χ0n) is 16.3. The first-order chi connectivity index (χ1) is 12.9. The van der Waals surface area contributed by atoms with E-state index in [1.165, 1.54) is 11.8 Å². The summed E-state index contributed by atoms with van der Waals surface area (Å²) in [5.41, 5.74) is 12.3. The fourth-order valence-corrected chi connectivity index (χ4v) is 3.76. The maximum atomic E-state index is 6.24. The topological polar surface area (TPSA) is 94.0 Å². The Kier molecular flexibility index (Phi) is 8.60. The quantitative estimate of drug-likeness (QED) is 0.570. The molecular formula is C19H29ClN6S. The van der Waals surface area contributed by atoms with Gasteiger partial charge >= 0.3 is 0 Å². The molecule has 2 aromatic heterocycles. The van der Waals surface area contributed by atoms with Gasteiger partial charge in [0, 0.05) is 24.2 Å². The highest BCUT2D eigenvalue weighted by Crippen LogP contribution is 2.35. The van der Waals surface area contributed by atoms with Crippen molar-refractivity contribution in [3.63, 3.8) is 0 Å². The summed E-state index contributed by atoms with van der Waals surface area (Å²) in [5, 5.41) is 1.27. The number of pyridine rings is 1. The minimum absolute atomic E-state index is 0.324. The number of aryl methyl sites for hydroxylation is 1. The lowest BCUT2D eigenvalue weighted by Gasteiger charge is -2.26. The van der Waals surface area contributed by atoms with Crippen molar-refractivity contribution in [2.45, 2.75) is 50.0 Å². The number of halogens is 1. The van der Waals surface area contributed by atoms with Crippen molar-refractivity contribution in [3.05, 3.63) is 29.2 Å². The van der Waals surface area contributed by atoms with Gasteiger partial charge in [0.2, 0.25) is 0 Å². The number of anilines is 2. The molecule has 2 rings (SSSR count). The maximum Gasteiger partial charge on any atom is 0.147 e. The van der Waals surface area contributed by atoms with Gasteiger partial charge in [0.05, 0.1) is 16.9 Å². The van der Waals surface area contributed by atoms with Crippen LogP contribution in [0.2, 0.25) is 5.02 Å². The van der Waals surface area contributed by atoms with E-state index in [1.807, 2.05) is 19.2 Å². The van der Waals surface area contributed by atoms with E-state index in [9.17, 15) is 0 Å². The lowest BCUT2D eigenvalue weighted by molar-refractivity contribution is 0.578. The minimum Gasteiger partial charge on any atom is -0.382 e. The lowest BCUT2D eigenvalue weighted by Crippen LogP contribution is -2.30. The van der Waals surface area contributed by atoms with Crippen LogP contribution in [0.4, 0.5) is 11.6 Å². The number of hydrogen-bond acceptors (Lipinski definition) is 7. The Bertz CT molecular complexity index is 740. The second-order valence-electron chi connectivity index (χ2n) is 6.92. The molecule has 0 aliphatic rings. The highest BCUT2D eigenvalue weighted by atomic mass is 35.5. The third-order valence-electron chi connectivity index (χ3n) is 4.02. The standard InChI is InChI=1S/C19H29ClN6S/c1-13(2)12-26(10-6-4-5-8-21)16-11-24-19(14(3)25-16)27-15-7-9-23-18(22)17(15)20/h7,9,11,13H,4-6,8,10,12,21H2,1-3H3,(H2,22,23). The highest BCUT2D eigenvalue weighted by Gasteiger charge is 2.14. The Morgan fingerprint density at radius 1 is 1.22 bits per heavy atom. The van der Waals surface area contributed by atoms with Crippen LogP contribution in [0.3, 0.4) is 0 Å². The maximum absolute atomic E-state index is 6.24. The summed E-state index contributed by atoms with van der Waals surface area (Å²) in [4.78, 5) is 16.6. The van der Waals surface area contributed by atoms with E-state index in [0.717, 1.165) is 60.3 Å². The van der Waals surface area contributed by atoms with Crippen molar-refractivity contribution in [2.24, 2.45) is 11.7 Å². The molecule has 0 atom stereocenters. The van der Waals surface area contributed by atoms with Gasteiger partial charge in [-0.15, -0.1) is 0 Å². The van der Waals surface area contributed by atoms with Gasteiger partial charge < -0.3 is 16.4 Å². The van der Waals surface area contributed by atoms with E-state index in [-0.39, 0.29) is 0 Å². The molecule has 4 N–H and O–H groups in total. The van der Waals surface area contributed by atoms with Gasteiger partial charge in [-0.05, 0) is 38.3 Å². The molecule has 0 unspecified atom stereocenters. The van der Waals surface area contributed by atoms with Gasteiger partial charge in [0.25, 0.3) is 0 Å². The van der Waals surface area contributed by atoms with Crippen LogP contribution in [0, 0.1) is 12.8 Å². The largest absolute Gasteiger partial charge is 0.382 e. The molecule has 0 saturated heterocycles. The van der Waals surface area contributed by atoms with Crippen LogP contribution >= 0.6 is 23.4 Å². The monoisotopic (exact) mass is 408 g/mol. The predicted octanol–water partition coefficient (Wildman–Crippen LogP) is 4.16. The molecule has 6 nitrogen and oxygen atoms in total. The summed E-state index contributed by atoms with van der Waals surface area (Å²) >= 11 is 7.70. The SMILES string of the molecule is Cc1nc(N(CCCCCN)CC(C)C)cnc1Sc1ccnc(N)c1Cl. The molecule has 0 aliphatic heterocycles. The lowest BCUT2D eigenvalue weighted by atomic mass is 10.2. The van der Waals surface area contributed by atoms with Gasteiger partial charge in [0.1, 0.15) is 16.7 Å². The van der Waals surface area contributed by atoms with Crippen LogP contribution in [0.15, 0.2) is 28.4 Å². The van der Waals surface area contributed by atoms with Crippen molar-refractivity contribution in [3.8, 4) is 0 Å². The van der Waals surface area contributed by atoms with Crippen molar-refractivity contribution < 1.29 is 0 Å². The van der Waals surface area contributed by atoms with Crippen LogP contribution in [-0.2, 0) is 0 Å². The Morgan fingerprint density at radius 2 is 2.00 bits per heavy atom. The van der Waals surface area contributed by atoms with Crippen molar-refractivity contribution in [1.82, 2.24) is 15.0 Å². The van der Waals surface area contributed by atoms with E-state index in [1.54, 1.807) is 6.20 Å². The van der Waals surface area contributed by atoms with E-state index in [4.69, 9.17) is 28.1 Å². The number of unbranched alkanes of at least 4 members (excludes halogenated alkanes) is 2. The van der Waals surface area contributed by atoms with Gasteiger partial charge in [-0.3, -0.25) is 0 Å². The molecule has 0 radical (unpaired) electrons. The second-order valence-corrected chi connectivity index (χ2v) is 8.33. The summed E-state index contributed by atoms with van der Waals surface area (Å²) in [6, 6.07) is 1.83. The van der Waals surface area contributed by atoms with Gasteiger partial charge in [-0.1, -0.05) is 43.6 Å². The van der Waals surface area contributed by atoms with Gasteiger partial charge in [-0.25, -0.2) is 15.0 Å². The molecule has 2 aromatic rings. The summed E-state index contributed by atoms with van der Waals surface area (Å²) in [6.07, 6.45) is 6.79. The molecule has 0 bridgehead atoms. The van der Waals surface area contributed by atoms with Crippen LogP contribution in [0.1, 0.15) is 38.8 Å². The van der Waals surface area contributed by atoms with Crippen LogP contribution in [0.25, 0.3) is 0 Å². The van der Waals surface area contributed by atoms with Crippen molar-refractivity contribution in [2.75, 3.05) is 30.3 Å². The molecule has 27 heavy (non-hydrogen) atoms. The van der Waals surface area contributed by atoms with E-state index in [0.29, 0.717) is 16.8 Å². The minimum atomic E-state index is 0.324. The third kappa shape index (κ3) is 6.52. The first-order valence-electron chi connectivity index (χ1n) is 9.28. The number of nitrogens with zero attached hydrogens (tertiary/aromatic N) is 4. The fourth-order valence-electron chi connectivity index (χ4n) is 2.70. The molecule has 0 spiro atoms. The summed E-state index contributed by atoms with van der Waals surface area (Å²) in [7, 11) is 0. The number of rotatable bonds is 10. The summed E-state index contributed by atoms with van der Waals surface area (Å²) in [6.45, 7) is 9.07. The van der Waals surface area contributed by atoms with Crippen molar-refractivity contribution in [1.29, 1.82) is 0 Å². The Labute approximate surface area is 171 Å². The first-order valence-corrected chi connectivity index (χ1v) is 10.5. The van der Waals surface area contributed by atoms with E-state index >= 15 is 0 Å². The fraction of sp³-hybridized carbons (Fsp3) is 0.526. The molecular weight excluding hydrogens is 380 g/mol. The number of aromatic nitrogens is 3. The normalized spacial score (nSPS) is 11.2. The zero-order chi connectivity index (χ0) is 19.8. The summed E-state index contributed by atoms with van der Waals surface area (Å²) < 4.78 is 0. The smallest absolute Gasteiger partial charge is 0.147 e. The van der Waals surface area contributed by atoms with Crippen molar-refractivity contribution >= 4 is 35.0 Å². The van der Waals surface area contributed by atoms with E-state index < -0.39 is 0 Å². The van der Waals surface area contributed by atoms with Crippen LogP contribution in [0.5, 0.6) is 0 Å². The average Bonchev–Trinajstić information content (AvgIpc) is 2.63. The van der Waals surface area contributed by atoms with Crippen LogP contribution < -0.4 is 16.4 Å². The molecule has 0 amide bonds. The van der Waals surface area contributed by atoms with Gasteiger partial charge in [-0.2, -0.15) is 0 Å². The van der Waals surface area contributed by atoms with Gasteiger partial charge in [0.15, 0.2) is 0 Å². The molecule has 148 valence electrons. The molecule has 2 heterocycles. The molecule has 0 fully saturated rings. The van der Waals surface area contributed by atoms with Crippen LogP contribution in [-0.4, -0.2) is 34.6 Å². The molecule has 0 saturated carbocycles. The number of nitrogens with two attached hydrogens (primary N) is 2. The highest BCUT2D eigenvalue weighted by molar-refractivity contribution is 7.99. The third-order valence-corrected chi connectivity index (χ3v) is 5.68. The Hall–Kier alpha value is -1.57. The second kappa shape index (κ2) is 10.7. The number of nitrogen functional groups attached to an aromatic ring is 1. The zero-order valence-corrected chi connectivity index (χ0v) is 17.9. The average molecular weight is 409 g/mol. The predicted molar refractivity (Wildman–Crippen MR) is 115 cm³/mol. The van der Waals surface area contributed by atoms with E-state index in [2.05, 4.69) is 28.7 Å². The molecule has 0 aromatic carbocycles. The molecule has 8 heteroatoms. The molecule has 0 aliphatic carbocycles. The Balaban J connectivity index is 2.15. The first kappa shape index (κ1) is 21.7. The summed E-state index contributed by atoms with van der Waals surface area (Å²) in [5.74, 6) is 1.79. The Morgan fingerprint density at radius 3 is 2.67 bits per heavy atom.